The summed E-state index contributed by atoms with van der Waals surface area (Å²) in [6.45, 7) is 2.88. The van der Waals surface area contributed by atoms with Gasteiger partial charge >= 0.3 is 0 Å². The first-order valence-corrected chi connectivity index (χ1v) is 10.9. The first-order chi connectivity index (χ1) is 15.9. The Morgan fingerprint density at radius 2 is 1.82 bits per heavy atom. The Morgan fingerprint density at radius 1 is 1.06 bits per heavy atom. The zero-order valence-electron chi connectivity index (χ0n) is 18.7. The van der Waals surface area contributed by atoms with E-state index in [-0.39, 0.29) is 16.9 Å². The fourth-order valence-corrected chi connectivity index (χ4v) is 4.49. The molecule has 0 spiro atoms. The summed E-state index contributed by atoms with van der Waals surface area (Å²) in [7, 11) is 2.87. The Balaban J connectivity index is 1.78. The van der Waals surface area contributed by atoms with Gasteiger partial charge in [-0.2, -0.15) is 0 Å². The molecule has 2 aliphatic heterocycles. The standard InChI is InChI=1S/C25H27FN2O5/c1-32-18-7-5-6-16(14-18)22-21(23(29)17-8-9-20(33-2)19(26)15-17)24(30)25(31)28(22)13-12-27-10-3-4-11-27/h5-9,14-15,22,29H,3-4,10-13H2,1-2H3/b23-21+. The molecule has 7 nitrogen and oxygen atoms in total. The number of carbonyl (C=O) groups excluding carboxylic acids is 2. The zero-order chi connectivity index (χ0) is 23.5. The number of hydrogen-bond acceptors (Lipinski definition) is 6. The van der Waals surface area contributed by atoms with Crippen LogP contribution in [-0.4, -0.2) is 67.0 Å². The predicted octanol–water partition coefficient (Wildman–Crippen LogP) is 3.36. The van der Waals surface area contributed by atoms with Crippen molar-refractivity contribution < 1.29 is 28.6 Å². The average molecular weight is 454 g/mol. The number of benzene rings is 2. The maximum Gasteiger partial charge on any atom is 0.295 e. The number of amides is 1. The molecule has 33 heavy (non-hydrogen) atoms. The smallest absolute Gasteiger partial charge is 0.295 e. The third-order valence-electron chi connectivity index (χ3n) is 6.23. The fourth-order valence-electron chi connectivity index (χ4n) is 4.49. The number of likely N-dealkylation sites (tertiary alicyclic amines) is 2. The highest BCUT2D eigenvalue weighted by Gasteiger charge is 2.46. The minimum atomic E-state index is -0.812. The lowest BCUT2D eigenvalue weighted by Gasteiger charge is -2.27. The highest BCUT2D eigenvalue weighted by Crippen LogP contribution is 2.40. The number of rotatable bonds is 7. The van der Waals surface area contributed by atoms with Crippen molar-refractivity contribution in [2.24, 2.45) is 0 Å². The second-order valence-corrected chi connectivity index (χ2v) is 8.17. The summed E-state index contributed by atoms with van der Waals surface area (Å²) in [4.78, 5) is 29.9. The molecule has 0 aliphatic carbocycles. The Morgan fingerprint density at radius 3 is 2.48 bits per heavy atom. The Hall–Kier alpha value is -3.39. The van der Waals surface area contributed by atoms with Gasteiger partial charge < -0.3 is 24.4 Å². The molecule has 0 radical (unpaired) electrons. The number of methoxy groups -OCH3 is 2. The average Bonchev–Trinajstić information content (AvgIpc) is 3.44. The number of nitrogens with zero attached hydrogens (tertiary/aromatic N) is 2. The van der Waals surface area contributed by atoms with E-state index in [0.29, 0.717) is 24.4 Å². The van der Waals surface area contributed by atoms with Crippen LogP contribution in [0.4, 0.5) is 4.39 Å². The van der Waals surface area contributed by atoms with Crippen LogP contribution in [0.25, 0.3) is 5.76 Å². The van der Waals surface area contributed by atoms with E-state index in [4.69, 9.17) is 9.47 Å². The third kappa shape index (κ3) is 4.43. The SMILES string of the molecule is COc1cccc(C2/C(=C(\O)c3ccc(OC)c(F)c3)C(=O)C(=O)N2CCN2CCCC2)c1. The summed E-state index contributed by atoms with van der Waals surface area (Å²) in [6, 6.07) is 10.2. The summed E-state index contributed by atoms with van der Waals surface area (Å²) in [5, 5.41) is 11.1. The maximum absolute atomic E-state index is 14.3. The van der Waals surface area contributed by atoms with Crippen molar-refractivity contribution in [2.75, 3.05) is 40.4 Å². The maximum atomic E-state index is 14.3. The molecule has 2 fully saturated rings. The van der Waals surface area contributed by atoms with Crippen molar-refractivity contribution >= 4 is 17.4 Å². The van der Waals surface area contributed by atoms with Crippen LogP contribution in [0.1, 0.15) is 30.0 Å². The molecule has 0 bridgehead atoms. The monoisotopic (exact) mass is 454 g/mol. The molecule has 2 saturated heterocycles. The van der Waals surface area contributed by atoms with Crippen LogP contribution in [-0.2, 0) is 9.59 Å². The summed E-state index contributed by atoms with van der Waals surface area (Å²) in [6.07, 6.45) is 2.22. The molecule has 4 rings (SSSR count). The molecule has 1 N–H and O–H groups in total. The fraction of sp³-hybridized carbons (Fsp3) is 0.360. The van der Waals surface area contributed by atoms with Crippen molar-refractivity contribution in [3.63, 3.8) is 0 Å². The molecule has 8 heteroatoms. The van der Waals surface area contributed by atoms with Crippen molar-refractivity contribution in [1.82, 2.24) is 9.80 Å². The van der Waals surface area contributed by atoms with Gasteiger partial charge in [-0.05, 0) is 61.8 Å². The van der Waals surface area contributed by atoms with E-state index in [0.717, 1.165) is 32.0 Å². The lowest BCUT2D eigenvalue weighted by atomic mass is 9.95. The van der Waals surface area contributed by atoms with Crippen molar-refractivity contribution in [1.29, 1.82) is 0 Å². The second kappa shape index (κ2) is 9.62. The molecule has 1 unspecified atom stereocenters. The van der Waals surface area contributed by atoms with Gasteiger partial charge in [-0.15, -0.1) is 0 Å². The van der Waals surface area contributed by atoms with E-state index in [9.17, 15) is 19.1 Å². The Bertz CT molecular complexity index is 1090. The van der Waals surface area contributed by atoms with Gasteiger partial charge in [0.1, 0.15) is 11.5 Å². The number of ketones is 1. The van der Waals surface area contributed by atoms with E-state index >= 15 is 0 Å². The van der Waals surface area contributed by atoms with Gasteiger partial charge in [-0.25, -0.2) is 4.39 Å². The predicted molar refractivity (Wildman–Crippen MR) is 121 cm³/mol. The minimum Gasteiger partial charge on any atom is -0.507 e. The van der Waals surface area contributed by atoms with Gasteiger partial charge in [0.2, 0.25) is 0 Å². The van der Waals surface area contributed by atoms with E-state index in [2.05, 4.69) is 4.90 Å². The summed E-state index contributed by atoms with van der Waals surface area (Å²) >= 11 is 0. The molecule has 0 saturated carbocycles. The van der Waals surface area contributed by atoms with Gasteiger partial charge in [-0.1, -0.05) is 12.1 Å². The van der Waals surface area contributed by atoms with E-state index in [1.807, 2.05) is 0 Å². The van der Waals surface area contributed by atoms with Crippen molar-refractivity contribution in [3.05, 3.63) is 65.0 Å². The van der Waals surface area contributed by atoms with E-state index < -0.39 is 29.3 Å². The Kier molecular flexibility index (Phi) is 6.65. The van der Waals surface area contributed by atoms with E-state index in [1.54, 1.807) is 24.3 Å². The third-order valence-corrected chi connectivity index (χ3v) is 6.23. The molecular formula is C25H27FN2O5. The second-order valence-electron chi connectivity index (χ2n) is 8.17. The van der Waals surface area contributed by atoms with Crippen molar-refractivity contribution in [2.45, 2.75) is 18.9 Å². The molecule has 1 atom stereocenters. The number of Topliss-reactive ketones (excluding diaryl/α,β-unsaturated/α-hetero) is 1. The molecule has 2 heterocycles. The van der Waals surface area contributed by atoms with Gasteiger partial charge in [0, 0.05) is 18.7 Å². The Labute approximate surface area is 192 Å². The summed E-state index contributed by atoms with van der Waals surface area (Å²) in [5.41, 5.74) is 0.656. The van der Waals surface area contributed by atoms with Gasteiger partial charge in [0.25, 0.3) is 11.7 Å². The van der Waals surface area contributed by atoms with E-state index in [1.165, 1.54) is 31.3 Å². The number of aliphatic hydroxyl groups is 1. The zero-order valence-corrected chi connectivity index (χ0v) is 18.7. The molecule has 0 aromatic heterocycles. The molecule has 2 aliphatic rings. The molecule has 1 amide bonds. The van der Waals surface area contributed by atoms with Crippen LogP contribution in [0, 0.1) is 5.82 Å². The number of ether oxygens (including phenoxy) is 2. The minimum absolute atomic E-state index is 0.0157. The highest BCUT2D eigenvalue weighted by molar-refractivity contribution is 6.46. The quantitative estimate of drug-likeness (QED) is 0.393. The number of halogens is 1. The summed E-state index contributed by atoms with van der Waals surface area (Å²) in [5.74, 6) is -2.00. The first kappa shape index (κ1) is 22.8. The van der Waals surface area contributed by atoms with Gasteiger partial charge in [0.05, 0.1) is 25.8 Å². The molecule has 174 valence electrons. The van der Waals surface area contributed by atoms with Crippen LogP contribution < -0.4 is 9.47 Å². The number of aliphatic hydroxyl groups excluding tert-OH is 1. The highest BCUT2D eigenvalue weighted by atomic mass is 19.1. The van der Waals surface area contributed by atoms with Crippen LogP contribution in [0.5, 0.6) is 11.5 Å². The lowest BCUT2D eigenvalue weighted by molar-refractivity contribution is -0.140. The van der Waals surface area contributed by atoms with Crippen LogP contribution in [0.3, 0.4) is 0 Å². The van der Waals surface area contributed by atoms with Crippen LogP contribution in [0.15, 0.2) is 48.0 Å². The molecule has 2 aromatic carbocycles. The number of carbonyl (C=O) groups is 2. The molecule has 2 aromatic rings. The number of hydrogen-bond donors (Lipinski definition) is 1. The summed E-state index contributed by atoms with van der Waals surface area (Å²) < 4.78 is 24.6. The van der Waals surface area contributed by atoms with Crippen LogP contribution >= 0.6 is 0 Å². The van der Waals surface area contributed by atoms with Crippen LogP contribution in [0.2, 0.25) is 0 Å². The molecular weight excluding hydrogens is 427 g/mol. The topological polar surface area (TPSA) is 79.3 Å². The lowest BCUT2D eigenvalue weighted by Crippen LogP contribution is -2.37. The van der Waals surface area contributed by atoms with Gasteiger partial charge in [-0.3, -0.25) is 9.59 Å². The van der Waals surface area contributed by atoms with Gasteiger partial charge in [0.15, 0.2) is 11.6 Å². The normalized spacial score (nSPS) is 20.5. The van der Waals surface area contributed by atoms with Crippen molar-refractivity contribution in [3.8, 4) is 11.5 Å². The first-order valence-electron chi connectivity index (χ1n) is 10.9. The largest absolute Gasteiger partial charge is 0.507 e.